The van der Waals surface area contributed by atoms with Gasteiger partial charge in [-0.15, -0.1) is 11.8 Å². The lowest BCUT2D eigenvalue weighted by atomic mass is 10.2. The average Bonchev–Trinajstić information content (AvgIpc) is 2.63. The van der Waals surface area contributed by atoms with E-state index in [0.717, 1.165) is 24.5 Å². The van der Waals surface area contributed by atoms with Crippen molar-refractivity contribution in [2.45, 2.75) is 31.2 Å². The van der Waals surface area contributed by atoms with E-state index in [9.17, 15) is 0 Å². The minimum atomic E-state index is 0.207. The van der Waals surface area contributed by atoms with Gasteiger partial charge in [0, 0.05) is 10.9 Å². The zero-order valence-corrected chi connectivity index (χ0v) is 10.1. The van der Waals surface area contributed by atoms with Crippen LogP contribution in [0.25, 0.3) is 0 Å². The molecule has 86 valence electrons. The van der Waals surface area contributed by atoms with Gasteiger partial charge < -0.3 is 14.8 Å². The van der Waals surface area contributed by atoms with Gasteiger partial charge in [0.1, 0.15) is 5.76 Å². The largest absolute Gasteiger partial charge is 0.468 e. The van der Waals surface area contributed by atoms with E-state index in [4.69, 9.17) is 9.52 Å². The monoisotopic (exact) mass is 229 g/mol. The fourth-order valence-corrected chi connectivity index (χ4v) is 2.41. The molecule has 1 atom stereocenters. The molecule has 0 saturated carbocycles. The van der Waals surface area contributed by atoms with E-state index < -0.39 is 0 Å². The van der Waals surface area contributed by atoms with Crippen LogP contribution in [-0.4, -0.2) is 30.1 Å². The van der Waals surface area contributed by atoms with Gasteiger partial charge in [-0.1, -0.05) is 6.92 Å². The SMILES string of the molecule is CCNC(CO)CCSc1ccoc1C. The van der Waals surface area contributed by atoms with Gasteiger partial charge in [-0.25, -0.2) is 0 Å². The highest BCUT2D eigenvalue weighted by Crippen LogP contribution is 2.23. The fourth-order valence-electron chi connectivity index (χ4n) is 1.38. The number of furan rings is 1. The number of likely N-dealkylation sites (N-methyl/N-ethyl adjacent to an activating group) is 1. The molecule has 0 aliphatic carbocycles. The second-order valence-electron chi connectivity index (χ2n) is 3.42. The lowest BCUT2D eigenvalue weighted by Gasteiger charge is -2.13. The Hall–Kier alpha value is -0.450. The first-order chi connectivity index (χ1) is 7.27. The Morgan fingerprint density at radius 3 is 2.93 bits per heavy atom. The summed E-state index contributed by atoms with van der Waals surface area (Å²) in [7, 11) is 0. The van der Waals surface area contributed by atoms with Crippen LogP contribution in [0.2, 0.25) is 0 Å². The Morgan fingerprint density at radius 2 is 2.40 bits per heavy atom. The fraction of sp³-hybridized carbons (Fsp3) is 0.636. The third-order valence-corrected chi connectivity index (χ3v) is 3.42. The topological polar surface area (TPSA) is 45.4 Å². The molecule has 0 aliphatic rings. The number of aliphatic hydroxyl groups excluding tert-OH is 1. The van der Waals surface area contributed by atoms with Crippen molar-refractivity contribution < 1.29 is 9.52 Å². The molecule has 15 heavy (non-hydrogen) atoms. The highest BCUT2D eigenvalue weighted by Gasteiger charge is 2.07. The first kappa shape index (κ1) is 12.6. The molecule has 0 radical (unpaired) electrons. The third-order valence-electron chi connectivity index (χ3n) is 2.25. The van der Waals surface area contributed by atoms with Gasteiger partial charge in [0.15, 0.2) is 0 Å². The molecule has 3 nitrogen and oxygen atoms in total. The molecule has 0 aliphatic heterocycles. The molecule has 1 heterocycles. The normalized spacial score (nSPS) is 13.0. The first-order valence-corrected chi connectivity index (χ1v) is 6.27. The van der Waals surface area contributed by atoms with Crippen LogP contribution in [0.3, 0.4) is 0 Å². The summed E-state index contributed by atoms with van der Waals surface area (Å²) in [5, 5.41) is 12.3. The molecule has 1 aromatic rings. The van der Waals surface area contributed by atoms with Crippen LogP contribution < -0.4 is 5.32 Å². The standard InChI is InChI=1S/C11H19NO2S/c1-3-12-10(8-13)5-7-15-11-4-6-14-9(11)2/h4,6,10,12-13H,3,5,7-8H2,1-2H3. The number of thioether (sulfide) groups is 1. The van der Waals surface area contributed by atoms with Gasteiger partial charge in [0.2, 0.25) is 0 Å². The van der Waals surface area contributed by atoms with E-state index in [1.165, 1.54) is 4.90 Å². The van der Waals surface area contributed by atoms with E-state index in [2.05, 4.69) is 12.2 Å². The quantitative estimate of drug-likeness (QED) is 0.702. The molecule has 1 rings (SSSR count). The summed E-state index contributed by atoms with van der Waals surface area (Å²) >= 11 is 1.78. The maximum absolute atomic E-state index is 9.08. The summed E-state index contributed by atoms with van der Waals surface area (Å²) in [6.45, 7) is 5.13. The highest BCUT2D eigenvalue weighted by molar-refractivity contribution is 7.99. The molecule has 2 N–H and O–H groups in total. The van der Waals surface area contributed by atoms with Crippen molar-refractivity contribution in [1.29, 1.82) is 0 Å². The maximum atomic E-state index is 9.08. The van der Waals surface area contributed by atoms with Crippen molar-refractivity contribution >= 4 is 11.8 Å². The molecule has 0 saturated heterocycles. The van der Waals surface area contributed by atoms with Crippen molar-refractivity contribution in [1.82, 2.24) is 5.32 Å². The van der Waals surface area contributed by atoms with Gasteiger partial charge in [0.25, 0.3) is 0 Å². The van der Waals surface area contributed by atoms with Crippen molar-refractivity contribution in [3.05, 3.63) is 18.1 Å². The Balaban J connectivity index is 2.23. The molecule has 4 heteroatoms. The number of nitrogens with one attached hydrogen (secondary N) is 1. The van der Waals surface area contributed by atoms with Crippen LogP contribution in [0.1, 0.15) is 19.1 Å². The van der Waals surface area contributed by atoms with E-state index >= 15 is 0 Å². The molecule has 0 amide bonds. The third kappa shape index (κ3) is 4.28. The van der Waals surface area contributed by atoms with Crippen LogP contribution in [-0.2, 0) is 0 Å². The van der Waals surface area contributed by atoms with Crippen molar-refractivity contribution in [3.8, 4) is 0 Å². The van der Waals surface area contributed by atoms with Crippen LogP contribution >= 0.6 is 11.8 Å². The van der Waals surface area contributed by atoms with Crippen molar-refractivity contribution in [3.63, 3.8) is 0 Å². The minimum absolute atomic E-state index is 0.207. The summed E-state index contributed by atoms with van der Waals surface area (Å²) in [5.41, 5.74) is 0. The van der Waals surface area contributed by atoms with E-state index in [1.54, 1.807) is 18.0 Å². The number of hydrogen-bond donors (Lipinski definition) is 2. The Labute approximate surface area is 95.2 Å². The van der Waals surface area contributed by atoms with Gasteiger partial charge in [-0.3, -0.25) is 0 Å². The smallest absolute Gasteiger partial charge is 0.114 e. The maximum Gasteiger partial charge on any atom is 0.114 e. The van der Waals surface area contributed by atoms with E-state index in [0.29, 0.717) is 0 Å². The lowest BCUT2D eigenvalue weighted by Crippen LogP contribution is -2.32. The zero-order chi connectivity index (χ0) is 11.1. The van der Waals surface area contributed by atoms with Gasteiger partial charge >= 0.3 is 0 Å². The Morgan fingerprint density at radius 1 is 1.60 bits per heavy atom. The van der Waals surface area contributed by atoms with Crippen molar-refractivity contribution in [2.24, 2.45) is 0 Å². The second kappa shape index (κ2) is 6.93. The summed E-state index contributed by atoms with van der Waals surface area (Å²) < 4.78 is 5.21. The van der Waals surface area contributed by atoms with Gasteiger partial charge in [0.05, 0.1) is 12.9 Å². The lowest BCUT2D eigenvalue weighted by molar-refractivity contribution is 0.242. The molecule has 1 unspecified atom stereocenters. The molecule has 0 spiro atoms. The molecule has 1 aromatic heterocycles. The predicted octanol–water partition coefficient (Wildman–Crippen LogP) is 2.04. The summed E-state index contributed by atoms with van der Waals surface area (Å²) in [6, 6.07) is 2.20. The van der Waals surface area contributed by atoms with Crippen LogP contribution in [0, 0.1) is 6.92 Å². The zero-order valence-electron chi connectivity index (χ0n) is 9.32. The number of aryl methyl sites for hydroxylation is 1. The van der Waals surface area contributed by atoms with Gasteiger partial charge in [-0.05, 0) is 31.7 Å². The average molecular weight is 229 g/mol. The number of rotatable bonds is 7. The van der Waals surface area contributed by atoms with Crippen molar-refractivity contribution in [2.75, 3.05) is 18.9 Å². The first-order valence-electron chi connectivity index (χ1n) is 5.29. The summed E-state index contributed by atoms with van der Waals surface area (Å²) in [5.74, 6) is 1.97. The molecule has 0 aromatic carbocycles. The predicted molar refractivity (Wildman–Crippen MR) is 63.3 cm³/mol. The molecular weight excluding hydrogens is 210 g/mol. The second-order valence-corrected chi connectivity index (χ2v) is 4.55. The van der Waals surface area contributed by atoms with Crippen LogP contribution in [0.4, 0.5) is 0 Å². The molecule has 0 fully saturated rings. The molecule has 0 bridgehead atoms. The van der Waals surface area contributed by atoms with Crippen LogP contribution in [0.5, 0.6) is 0 Å². The Bertz CT molecular complexity index is 275. The Kier molecular flexibility index (Phi) is 5.83. The van der Waals surface area contributed by atoms with Crippen LogP contribution in [0.15, 0.2) is 21.6 Å². The van der Waals surface area contributed by atoms with Gasteiger partial charge in [-0.2, -0.15) is 0 Å². The highest BCUT2D eigenvalue weighted by atomic mass is 32.2. The number of aliphatic hydroxyl groups is 1. The number of hydrogen-bond acceptors (Lipinski definition) is 4. The minimum Gasteiger partial charge on any atom is -0.468 e. The summed E-state index contributed by atoms with van der Waals surface area (Å²) in [6.07, 6.45) is 2.69. The van der Waals surface area contributed by atoms with E-state index in [1.807, 2.05) is 13.0 Å². The summed E-state index contributed by atoms with van der Waals surface area (Å²) in [4.78, 5) is 1.20. The van der Waals surface area contributed by atoms with E-state index in [-0.39, 0.29) is 12.6 Å². The molecular formula is C11H19NO2S.